The highest BCUT2D eigenvalue weighted by Gasteiger charge is 2.61. The minimum absolute atomic E-state index is 0.0846. The molecule has 0 bridgehead atoms. The van der Waals surface area contributed by atoms with E-state index in [0.717, 1.165) is 0 Å². The summed E-state index contributed by atoms with van der Waals surface area (Å²) >= 11 is 0. The first-order valence-corrected chi connectivity index (χ1v) is 15.6. The Hall–Kier alpha value is -1.90. The van der Waals surface area contributed by atoms with Crippen LogP contribution in [0.2, 0.25) is 0 Å². The topological polar surface area (TPSA) is 388 Å². The van der Waals surface area contributed by atoms with Crippen LogP contribution < -0.4 is 45.0 Å². The summed E-state index contributed by atoms with van der Waals surface area (Å²) in [6, 6.07) is -5.42. The number of rotatable bonds is 13. The van der Waals surface area contributed by atoms with Crippen molar-refractivity contribution in [2.45, 2.75) is 123 Å². The first kappa shape index (κ1) is 37.9. The van der Waals surface area contributed by atoms with Crippen molar-refractivity contribution >= 4 is 11.9 Å². The number of hydrogen-bond acceptors (Lipinski definition) is 18. The monoisotopic (exact) mass is 681 g/mol. The standard InChI is InChI=1S/C26H51N9O12/c27-2-1-3-33-14-18(40)16(38)10(6-28)44-22(14)46-20-8(29)4-9(34-24(42)26(43)5-12(26)35-25(31)32)21(19(20)41)47-23-17(39)13(30)15(37)11(7-36)45-23/h8-23,33,36-41,43H,1-7,27-30H2,(H,34,42)(H4,31,32,35)/t8-,9+,10+,11+,12?,13-,14+,15+,16+,17+,18+,19-,20?,21-,22+,23+,26?/m0/s1. The molecule has 21 heteroatoms. The Morgan fingerprint density at radius 1 is 0.915 bits per heavy atom. The van der Waals surface area contributed by atoms with Crippen LogP contribution in [0.25, 0.3) is 0 Å². The number of ether oxygens (including phenoxy) is 4. The van der Waals surface area contributed by atoms with Gasteiger partial charge in [0.15, 0.2) is 24.1 Å². The smallest absolute Gasteiger partial charge is 0.254 e. The van der Waals surface area contributed by atoms with Gasteiger partial charge in [0, 0.05) is 19.0 Å². The van der Waals surface area contributed by atoms with E-state index < -0.39 is 116 Å². The number of aliphatic hydroxyl groups is 7. The van der Waals surface area contributed by atoms with Gasteiger partial charge in [0.05, 0.1) is 30.8 Å². The summed E-state index contributed by atoms with van der Waals surface area (Å²) in [6.07, 6.45) is -15.3. The average Bonchev–Trinajstić information content (AvgIpc) is 3.69. The van der Waals surface area contributed by atoms with E-state index >= 15 is 0 Å². The van der Waals surface area contributed by atoms with Crippen molar-refractivity contribution in [3.8, 4) is 0 Å². The number of nitrogens with zero attached hydrogens (tertiary/aromatic N) is 1. The van der Waals surface area contributed by atoms with E-state index in [1.807, 2.05) is 0 Å². The van der Waals surface area contributed by atoms with Crippen LogP contribution in [0.5, 0.6) is 0 Å². The number of aliphatic hydroxyl groups excluding tert-OH is 6. The third-order valence-corrected chi connectivity index (χ3v) is 9.14. The van der Waals surface area contributed by atoms with E-state index in [1.54, 1.807) is 0 Å². The molecule has 1 amide bonds. The lowest BCUT2D eigenvalue weighted by atomic mass is 9.83. The molecule has 0 radical (unpaired) electrons. The molecule has 2 aliphatic carbocycles. The average molecular weight is 682 g/mol. The van der Waals surface area contributed by atoms with Gasteiger partial charge < -0.3 is 99.7 Å². The number of amides is 1. The first-order valence-electron chi connectivity index (χ1n) is 15.6. The van der Waals surface area contributed by atoms with Crippen molar-refractivity contribution in [2.75, 3.05) is 26.2 Å². The zero-order chi connectivity index (χ0) is 34.8. The maximum Gasteiger partial charge on any atom is 0.254 e. The lowest BCUT2D eigenvalue weighted by Gasteiger charge is -2.49. The molecule has 272 valence electrons. The molecule has 4 rings (SSSR count). The van der Waals surface area contributed by atoms with Crippen LogP contribution >= 0.6 is 0 Å². The minimum Gasteiger partial charge on any atom is -0.394 e. The number of hydrogen-bond donors (Lipinski definition) is 15. The molecule has 0 aromatic carbocycles. The molecule has 2 saturated heterocycles. The van der Waals surface area contributed by atoms with Gasteiger partial charge in [0.25, 0.3) is 5.91 Å². The summed E-state index contributed by atoms with van der Waals surface area (Å²) in [7, 11) is 0. The molecule has 3 unspecified atom stereocenters. The van der Waals surface area contributed by atoms with Gasteiger partial charge in [0.2, 0.25) is 0 Å². The van der Waals surface area contributed by atoms with Gasteiger partial charge in [-0.1, -0.05) is 0 Å². The van der Waals surface area contributed by atoms with Crippen molar-refractivity contribution in [3.05, 3.63) is 0 Å². The molecule has 0 aromatic rings. The number of carbonyl (C=O) groups is 1. The van der Waals surface area contributed by atoms with Crippen LogP contribution in [0.1, 0.15) is 19.3 Å². The molecule has 2 heterocycles. The third-order valence-electron chi connectivity index (χ3n) is 9.14. The Labute approximate surface area is 270 Å². The number of nitrogens with two attached hydrogens (primary N) is 6. The normalized spacial score (nSPS) is 46.9. The van der Waals surface area contributed by atoms with Crippen LogP contribution in [0.4, 0.5) is 0 Å². The predicted molar refractivity (Wildman–Crippen MR) is 160 cm³/mol. The molecule has 21 N–H and O–H groups in total. The molecular formula is C26H51N9O12. The Bertz CT molecular complexity index is 1080. The first-order chi connectivity index (χ1) is 22.2. The highest BCUT2D eigenvalue weighted by atomic mass is 16.7. The predicted octanol–water partition coefficient (Wildman–Crippen LogP) is -9.41. The molecule has 21 nitrogen and oxygen atoms in total. The number of nitrogens with one attached hydrogen (secondary N) is 2. The SMILES string of the molecule is NCCCN[C@H]1[C@@H](OC2[C@@H](N)C[C@@H](NC(=O)C3(O)CC3N=C(N)N)[C@H](O[C@H]3O[C@H](CO)[C@@H](O)[C@H](N)[C@H]3O)[C@H]2O)O[C@H](CN)[C@@H](O)[C@@H]1O. The molecule has 47 heavy (non-hydrogen) atoms. The molecule has 0 aromatic heterocycles. The minimum atomic E-state index is -1.96. The molecule has 2 aliphatic heterocycles. The fourth-order valence-electron chi connectivity index (χ4n) is 6.21. The second-order valence-electron chi connectivity index (χ2n) is 12.5. The zero-order valence-corrected chi connectivity index (χ0v) is 25.8. The maximum atomic E-state index is 13.2. The van der Waals surface area contributed by atoms with E-state index in [0.29, 0.717) is 19.5 Å². The summed E-state index contributed by atoms with van der Waals surface area (Å²) in [5.41, 5.74) is 32.6. The highest BCUT2D eigenvalue weighted by Crippen LogP contribution is 2.40. The Kier molecular flexibility index (Phi) is 12.7. The van der Waals surface area contributed by atoms with Crippen LogP contribution in [-0.2, 0) is 23.7 Å². The summed E-state index contributed by atoms with van der Waals surface area (Å²) < 4.78 is 23.6. The Balaban J connectivity index is 1.59. The quantitative estimate of drug-likeness (QED) is 0.0487. The van der Waals surface area contributed by atoms with E-state index in [2.05, 4.69) is 15.6 Å². The second kappa shape index (κ2) is 15.8. The summed E-state index contributed by atoms with van der Waals surface area (Å²) in [5.74, 6) is -1.22. The molecule has 0 spiro atoms. The van der Waals surface area contributed by atoms with Crippen LogP contribution in [0, 0.1) is 0 Å². The molecule has 2 saturated carbocycles. The van der Waals surface area contributed by atoms with E-state index in [-0.39, 0.29) is 25.3 Å². The van der Waals surface area contributed by atoms with E-state index in [1.165, 1.54) is 0 Å². The molecular weight excluding hydrogens is 630 g/mol. The van der Waals surface area contributed by atoms with Crippen molar-refractivity contribution in [1.29, 1.82) is 0 Å². The van der Waals surface area contributed by atoms with Crippen LogP contribution in [-0.4, -0.2) is 177 Å². The van der Waals surface area contributed by atoms with Gasteiger partial charge in [-0.05, 0) is 25.9 Å². The second-order valence-corrected chi connectivity index (χ2v) is 12.5. The summed E-state index contributed by atoms with van der Waals surface area (Å²) in [5, 5.41) is 80.3. The lowest BCUT2D eigenvalue weighted by molar-refractivity contribution is -0.321. The summed E-state index contributed by atoms with van der Waals surface area (Å²) in [4.78, 5) is 17.0. The number of aliphatic imine (C=N–C) groups is 1. The van der Waals surface area contributed by atoms with Crippen LogP contribution in [0.3, 0.4) is 0 Å². The fourth-order valence-corrected chi connectivity index (χ4v) is 6.21. The van der Waals surface area contributed by atoms with Gasteiger partial charge >= 0.3 is 0 Å². The Morgan fingerprint density at radius 3 is 2.19 bits per heavy atom. The Morgan fingerprint density at radius 2 is 1.57 bits per heavy atom. The van der Waals surface area contributed by atoms with Crippen molar-refractivity contribution < 1.29 is 59.5 Å². The van der Waals surface area contributed by atoms with Crippen molar-refractivity contribution in [1.82, 2.24) is 10.6 Å². The molecule has 4 fully saturated rings. The van der Waals surface area contributed by atoms with Gasteiger partial charge in [-0.25, -0.2) is 4.99 Å². The molecule has 4 aliphatic rings. The highest BCUT2D eigenvalue weighted by molar-refractivity contribution is 5.90. The van der Waals surface area contributed by atoms with Gasteiger partial charge in [0.1, 0.15) is 54.9 Å². The summed E-state index contributed by atoms with van der Waals surface area (Å²) in [6.45, 7) is -0.202. The maximum absolute atomic E-state index is 13.2. The number of carbonyl (C=O) groups excluding carboxylic acids is 1. The van der Waals surface area contributed by atoms with Crippen molar-refractivity contribution in [2.24, 2.45) is 39.4 Å². The molecule has 17 atom stereocenters. The lowest BCUT2D eigenvalue weighted by Crippen LogP contribution is -2.70. The largest absolute Gasteiger partial charge is 0.394 e. The van der Waals surface area contributed by atoms with E-state index in [9.17, 15) is 40.5 Å². The fraction of sp³-hybridized carbons (Fsp3) is 0.923. The zero-order valence-electron chi connectivity index (χ0n) is 25.8. The van der Waals surface area contributed by atoms with Crippen molar-refractivity contribution in [3.63, 3.8) is 0 Å². The van der Waals surface area contributed by atoms with E-state index in [4.69, 9.17) is 53.3 Å². The third kappa shape index (κ3) is 8.12. The van der Waals surface area contributed by atoms with Gasteiger partial charge in [-0.15, -0.1) is 0 Å². The van der Waals surface area contributed by atoms with Crippen LogP contribution in [0.15, 0.2) is 4.99 Å². The van der Waals surface area contributed by atoms with Gasteiger partial charge in [-0.2, -0.15) is 0 Å². The number of guanidine groups is 1. The van der Waals surface area contributed by atoms with Gasteiger partial charge in [-0.3, -0.25) is 4.79 Å².